The van der Waals surface area contributed by atoms with E-state index < -0.39 is 5.60 Å². The maximum atomic E-state index is 13.4. The number of benzene rings is 1. The number of rotatable bonds is 2. The average molecular weight is 211 g/mol. The van der Waals surface area contributed by atoms with Crippen LogP contribution in [0.25, 0.3) is 0 Å². The third-order valence-electron chi connectivity index (χ3n) is 2.82. The fourth-order valence-corrected chi connectivity index (χ4v) is 1.74. The molecular weight excluding hydrogens is 197 g/mol. The van der Waals surface area contributed by atoms with Crippen molar-refractivity contribution >= 4 is 0 Å². The number of ether oxygens (including phenoxy) is 1. The molecule has 0 unspecified atom stereocenters. The molecule has 0 aromatic heterocycles. The molecule has 1 saturated heterocycles. The molecule has 1 aliphatic heterocycles. The van der Waals surface area contributed by atoms with Gasteiger partial charge in [-0.2, -0.15) is 0 Å². The number of halogens is 1. The maximum Gasteiger partial charge on any atom is 0.126 e. The van der Waals surface area contributed by atoms with Crippen LogP contribution in [-0.4, -0.2) is 25.3 Å². The molecule has 1 aromatic carbocycles. The van der Waals surface area contributed by atoms with E-state index in [0.717, 1.165) is 0 Å². The second-order valence-electron chi connectivity index (χ2n) is 3.94. The van der Waals surface area contributed by atoms with Gasteiger partial charge in [0.2, 0.25) is 0 Å². The lowest BCUT2D eigenvalue weighted by Crippen LogP contribution is -2.56. The van der Waals surface area contributed by atoms with Crippen molar-refractivity contribution in [3.05, 3.63) is 29.1 Å². The molecule has 0 aliphatic carbocycles. The maximum absolute atomic E-state index is 13.4. The van der Waals surface area contributed by atoms with Crippen LogP contribution in [0.15, 0.2) is 12.1 Å². The minimum absolute atomic E-state index is 0.314. The molecular formula is C11H14FNO2. The Balaban J connectivity index is 2.49. The summed E-state index contributed by atoms with van der Waals surface area (Å²) >= 11 is 0. The standard InChI is InChI=1S/C11H14FNO2/c1-7-3-10(15-2)8(4-9(7)12)11(14)5-13-6-11/h3-4,13-14H,5-6H2,1-2H3. The molecule has 4 heteroatoms. The van der Waals surface area contributed by atoms with Crippen molar-refractivity contribution < 1.29 is 14.2 Å². The van der Waals surface area contributed by atoms with Gasteiger partial charge in [0.1, 0.15) is 17.2 Å². The third kappa shape index (κ3) is 1.60. The quantitative estimate of drug-likeness (QED) is 0.764. The minimum Gasteiger partial charge on any atom is -0.496 e. The Kier molecular flexibility index (Phi) is 2.40. The molecule has 2 N–H and O–H groups in total. The lowest BCUT2D eigenvalue weighted by molar-refractivity contribution is -0.0167. The Hall–Kier alpha value is -1.13. The van der Waals surface area contributed by atoms with Crippen LogP contribution in [0.5, 0.6) is 5.75 Å². The Morgan fingerprint density at radius 2 is 2.13 bits per heavy atom. The van der Waals surface area contributed by atoms with Crippen molar-refractivity contribution in [2.75, 3.05) is 20.2 Å². The smallest absolute Gasteiger partial charge is 0.126 e. The summed E-state index contributed by atoms with van der Waals surface area (Å²) in [6.45, 7) is 2.54. The van der Waals surface area contributed by atoms with Crippen LogP contribution in [0.3, 0.4) is 0 Å². The number of aliphatic hydroxyl groups is 1. The van der Waals surface area contributed by atoms with Crippen molar-refractivity contribution in [1.29, 1.82) is 0 Å². The Morgan fingerprint density at radius 1 is 1.47 bits per heavy atom. The van der Waals surface area contributed by atoms with Crippen molar-refractivity contribution in [3.63, 3.8) is 0 Å². The molecule has 1 heterocycles. The molecule has 1 aromatic rings. The van der Waals surface area contributed by atoms with E-state index in [1.807, 2.05) is 0 Å². The summed E-state index contributed by atoms with van der Waals surface area (Å²) in [6, 6.07) is 2.97. The predicted octanol–water partition coefficient (Wildman–Crippen LogP) is 0.934. The number of aryl methyl sites for hydroxylation is 1. The van der Waals surface area contributed by atoms with Crippen LogP contribution in [0.4, 0.5) is 4.39 Å². The largest absolute Gasteiger partial charge is 0.496 e. The van der Waals surface area contributed by atoms with Crippen LogP contribution in [-0.2, 0) is 5.60 Å². The van der Waals surface area contributed by atoms with Crippen molar-refractivity contribution in [1.82, 2.24) is 5.32 Å². The average Bonchev–Trinajstić information content (AvgIpc) is 2.18. The van der Waals surface area contributed by atoms with Gasteiger partial charge in [-0.25, -0.2) is 4.39 Å². The molecule has 2 rings (SSSR count). The highest BCUT2D eigenvalue weighted by atomic mass is 19.1. The van der Waals surface area contributed by atoms with Crippen LogP contribution < -0.4 is 10.1 Å². The fraction of sp³-hybridized carbons (Fsp3) is 0.455. The second kappa shape index (κ2) is 3.47. The first-order valence-corrected chi connectivity index (χ1v) is 4.84. The van der Waals surface area contributed by atoms with Gasteiger partial charge in [-0.1, -0.05) is 0 Å². The summed E-state index contributed by atoms with van der Waals surface area (Å²) in [5, 5.41) is 13.1. The first-order chi connectivity index (χ1) is 7.07. The van der Waals surface area contributed by atoms with Crippen molar-refractivity contribution in [3.8, 4) is 5.75 Å². The van der Waals surface area contributed by atoms with E-state index in [0.29, 0.717) is 30.0 Å². The monoisotopic (exact) mass is 211 g/mol. The van der Waals surface area contributed by atoms with Gasteiger partial charge in [0, 0.05) is 18.7 Å². The number of methoxy groups -OCH3 is 1. The van der Waals surface area contributed by atoms with E-state index >= 15 is 0 Å². The molecule has 82 valence electrons. The highest BCUT2D eigenvalue weighted by molar-refractivity contribution is 5.43. The van der Waals surface area contributed by atoms with E-state index in [1.165, 1.54) is 13.2 Å². The molecule has 0 amide bonds. The van der Waals surface area contributed by atoms with Crippen LogP contribution in [0, 0.1) is 12.7 Å². The molecule has 15 heavy (non-hydrogen) atoms. The van der Waals surface area contributed by atoms with Crippen LogP contribution in [0.2, 0.25) is 0 Å². The minimum atomic E-state index is -0.986. The van der Waals surface area contributed by atoms with Gasteiger partial charge < -0.3 is 15.2 Å². The van der Waals surface area contributed by atoms with E-state index in [1.54, 1.807) is 13.0 Å². The summed E-state index contributed by atoms with van der Waals surface area (Å²) in [5.74, 6) is 0.226. The van der Waals surface area contributed by atoms with E-state index in [4.69, 9.17) is 4.74 Å². The van der Waals surface area contributed by atoms with Crippen molar-refractivity contribution in [2.24, 2.45) is 0 Å². The topological polar surface area (TPSA) is 41.5 Å². The van der Waals surface area contributed by atoms with Gasteiger partial charge in [0.25, 0.3) is 0 Å². The predicted molar refractivity (Wildman–Crippen MR) is 54.5 cm³/mol. The molecule has 0 atom stereocenters. The lowest BCUT2D eigenvalue weighted by atomic mass is 9.87. The molecule has 0 bridgehead atoms. The van der Waals surface area contributed by atoms with E-state index in [-0.39, 0.29) is 5.82 Å². The first-order valence-electron chi connectivity index (χ1n) is 4.84. The summed E-state index contributed by atoms with van der Waals surface area (Å²) in [6.07, 6.45) is 0. The zero-order valence-corrected chi connectivity index (χ0v) is 8.80. The van der Waals surface area contributed by atoms with Gasteiger partial charge in [-0.15, -0.1) is 0 Å². The zero-order valence-electron chi connectivity index (χ0n) is 8.80. The molecule has 1 fully saturated rings. The Labute approximate surface area is 87.9 Å². The van der Waals surface area contributed by atoms with Gasteiger partial charge >= 0.3 is 0 Å². The number of nitrogens with one attached hydrogen (secondary N) is 1. The zero-order chi connectivity index (χ0) is 11.1. The summed E-state index contributed by atoms with van der Waals surface area (Å²) in [5.41, 5.74) is 0.0539. The normalized spacial score (nSPS) is 18.4. The van der Waals surface area contributed by atoms with Crippen LogP contribution in [0.1, 0.15) is 11.1 Å². The van der Waals surface area contributed by atoms with Gasteiger partial charge in [-0.05, 0) is 24.6 Å². The summed E-state index contributed by atoms with van der Waals surface area (Å²) < 4.78 is 18.5. The third-order valence-corrected chi connectivity index (χ3v) is 2.82. The first kappa shape index (κ1) is 10.4. The van der Waals surface area contributed by atoms with Crippen LogP contribution >= 0.6 is 0 Å². The SMILES string of the molecule is COc1cc(C)c(F)cc1C1(O)CNC1. The molecule has 3 nitrogen and oxygen atoms in total. The highest BCUT2D eigenvalue weighted by Gasteiger charge is 2.39. The summed E-state index contributed by atoms with van der Waals surface area (Å²) in [7, 11) is 1.52. The Morgan fingerprint density at radius 3 is 2.60 bits per heavy atom. The van der Waals surface area contributed by atoms with E-state index in [9.17, 15) is 9.50 Å². The molecule has 0 spiro atoms. The number of β-amino-alcohol motifs (C(OH)–C–C–N with tert-alkyl or cyclic N) is 1. The van der Waals surface area contributed by atoms with Gasteiger partial charge in [-0.3, -0.25) is 0 Å². The molecule has 1 aliphatic rings. The molecule has 0 saturated carbocycles. The summed E-state index contributed by atoms with van der Waals surface area (Å²) in [4.78, 5) is 0. The molecule has 0 radical (unpaired) electrons. The van der Waals surface area contributed by atoms with E-state index in [2.05, 4.69) is 5.32 Å². The second-order valence-corrected chi connectivity index (χ2v) is 3.94. The number of hydrogen-bond donors (Lipinski definition) is 2. The van der Waals surface area contributed by atoms with Crippen molar-refractivity contribution in [2.45, 2.75) is 12.5 Å². The van der Waals surface area contributed by atoms with Gasteiger partial charge in [0.05, 0.1) is 7.11 Å². The van der Waals surface area contributed by atoms with Gasteiger partial charge in [0.15, 0.2) is 0 Å². The lowest BCUT2D eigenvalue weighted by Gasteiger charge is -2.38. The highest BCUT2D eigenvalue weighted by Crippen LogP contribution is 2.34. The fourth-order valence-electron chi connectivity index (χ4n) is 1.74. The number of hydrogen-bond acceptors (Lipinski definition) is 3. The Bertz CT molecular complexity index is 388.